The lowest BCUT2D eigenvalue weighted by Crippen LogP contribution is -2.27. The second-order valence-corrected chi connectivity index (χ2v) is 5.45. The summed E-state index contributed by atoms with van der Waals surface area (Å²) >= 11 is 6.00. The molecule has 2 rings (SSSR count). The molecule has 0 saturated carbocycles. The molecule has 9 heteroatoms. The maximum atomic E-state index is 12.8. The molecule has 1 heterocycles. The van der Waals surface area contributed by atoms with Crippen LogP contribution in [0.15, 0.2) is 35.3 Å². The third-order valence-electron chi connectivity index (χ3n) is 3.41. The summed E-state index contributed by atoms with van der Waals surface area (Å²) in [5, 5.41) is 15.7. The van der Waals surface area contributed by atoms with Crippen molar-refractivity contribution in [2.24, 2.45) is 0 Å². The SMILES string of the molecule is CC[C@H](CO)Nc1cnn(-c2cccc(C(F)(F)F)c2)c(=O)c1Cl. The van der Waals surface area contributed by atoms with Crippen LogP contribution in [0, 0.1) is 0 Å². The molecule has 0 radical (unpaired) electrons. The van der Waals surface area contributed by atoms with E-state index in [0.717, 1.165) is 16.8 Å². The molecule has 0 spiro atoms. The van der Waals surface area contributed by atoms with Crippen molar-refractivity contribution in [2.45, 2.75) is 25.6 Å². The molecule has 1 aromatic heterocycles. The van der Waals surface area contributed by atoms with Crippen molar-refractivity contribution >= 4 is 17.3 Å². The van der Waals surface area contributed by atoms with E-state index in [9.17, 15) is 23.1 Å². The number of hydrogen-bond acceptors (Lipinski definition) is 4. The number of hydrogen-bond donors (Lipinski definition) is 2. The largest absolute Gasteiger partial charge is 0.416 e. The van der Waals surface area contributed by atoms with E-state index in [1.54, 1.807) is 0 Å². The summed E-state index contributed by atoms with van der Waals surface area (Å²) < 4.78 is 39.1. The molecule has 0 saturated heterocycles. The van der Waals surface area contributed by atoms with Gasteiger partial charge >= 0.3 is 6.18 Å². The standard InChI is InChI=1S/C15H15ClF3N3O2/c1-2-10(8-23)21-12-7-20-22(14(24)13(12)16)11-5-3-4-9(6-11)15(17,18)19/h3-7,10,21,23H,2,8H2,1H3/t10-/m1/s1. The zero-order valence-electron chi connectivity index (χ0n) is 12.6. The van der Waals surface area contributed by atoms with E-state index in [0.29, 0.717) is 6.42 Å². The van der Waals surface area contributed by atoms with Crippen LogP contribution in [-0.2, 0) is 6.18 Å². The minimum Gasteiger partial charge on any atom is -0.394 e. The van der Waals surface area contributed by atoms with Gasteiger partial charge in [-0.25, -0.2) is 0 Å². The molecule has 0 amide bonds. The fraction of sp³-hybridized carbons (Fsp3) is 0.333. The Hall–Kier alpha value is -2.06. The third-order valence-corrected chi connectivity index (χ3v) is 3.78. The molecule has 0 aliphatic rings. The zero-order chi connectivity index (χ0) is 17.9. The van der Waals surface area contributed by atoms with Crippen molar-refractivity contribution in [2.75, 3.05) is 11.9 Å². The molecule has 2 aromatic rings. The van der Waals surface area contributed by atoms with Crippen LogP contribution in [0.4, 0.5) is 18.9 Å². The molecule has 1 aromatic carbocycles. The summed E-state index contributed by atoms with van der Waals surface area (Å²) in [6.45, 7) is 1.67. The van der Waals surface area contributed by atoms with E-state index < -0.39 is 17.3 Å². The van der Waals surface area contributed by atoms with Crippen LogP contribution in [0.5, 0.6) is 0 Å². The first-order valence-corrected chi connectivity index (χ1v) is 7.48. The van der Waals surface area contributed by atoms with Gasteiger partial charge in [0.25, 0.3) is 5.56 Å². The summed E-state index contributed by atoms with van der Waals surface area (Å²) in [5.74, 6) is 0. The van der Waals surface area contributed by atoms with E-state index >= 15 is 0 Å². The Kier molecular flexibility index (Phi) is 5.51. The van der Waals surface area contributed by atoms with Crippen molar-refractivity contribution in [3.8, 4) is 5.69 Å². The van der Waals surface area contributed by atoms with Gasteiger partial charge in [0.05, 0.1) is 29.7 Å². The quantitative estimate of drug-likeness (QED) is 0.858. The highest BCUT2D eigenvalue weighted by molar-refractivity contribution is 6.32. The summed E-state index contributed by atoms with van der Waals surface area (Å²) in [5.41, 5.74) is -1.48. The van der Waals surface area contributed by atoms with Gasteiger partial charge < -0.3 is 10.4 Å². The smallest absolute Gasteiger partial charge is 0.394 e. The lowest BCUT2D eigenvalue weighted by molar-refractivity contribution is -0.137. The van der Waals surface area contributed by atoms with E-state index in [-0.39, 0.29) is 29.0 Å². The number of nitrogens with zero attached hydrogens (tertiary/aromatic N) is 2. The van der Waals surface area contributed by atoms with Crippen molar-refractivity contribution in [3.05, 3.63) is 51.4 Å². The van der Waals surface area contributed by atoms with Gasteiger partial charge in [-0.3, -0.25) is 4.79 Å². The van der Waals surface area contributed by atoms with Crippen molar-refractivity contribution < 1.29 is 18.3 Å². The monoisotopic (exact) mass is 361 g/mol. The fourth-order valence-corrected chi connectivity index (χ4v) is 2.21. The number of alkyl halides is 3. The van der Waals surface area contributed by atoms with Crippen LogP contribution >= 0.6 is 11.6 Å². The Bertz CT molecular complexity index is 773. The minimum absolute atomic E-state index is 0.0440. The summed E-state index contributed by atoms with van der Waals surface area (Å²) in [6.07, 6.45) is -2.70. The molecule has 0 bridgehead atoms. The van der Waals surface area contributed by atoms with Gasteiger partial charge in [-0.05, 0) is 24.6 Å². The van der Waals surface area contributed by atoms with E-state index in [1.807, 2.05) is 6.92 Å². The van der Waals surface area contributed by atoms with Gasteiger partial charge in [-0.15, -0.1) is 0 Å². The second-order valence-electron chi connectivity index (χ2n) is 5.07. The van der Waals surface area contributed by atoms with Crippen LogP contribution in [0.2, 0.25) is 5.02 Å². The number of aliphatic hydroxyl groups excluding tert-OH is 1. The Morgan fingerprint density at radius 2 is 2.12 bits per heavy atom. The Morgan fingerprint density at radius 1 is 1.42 bits per heavy atom. The van der Waals surface area contributed by atoms with Gasteiger partial charge in [0.1, 0.15) is 5.02 Å². The predicted molar refractivity (Wildman–Crippen MR) is 84.6 cm³/mol. The van der Waals surface area contributed by atoms with E-state index in [1.165, 1.54) is 18.3 Å². The number of rotatable bonds is 5. The van der Waals surface area contributed by atoms with Crippen LogP contribution < -0.4 is 10.9 Å². The van der Waals surface area contributed by atoms with Crippen LogP contribution in [0.1, 0.15) is 18.9 Å². The number of benzene rings is 1. The van der Waals surface area contributed by atoms with Gasteiger partial charge in [-0.2, -0.15) is 23.0 Å². The molecule has 2 N–H and O–H groups in total. The highest BCUT2D eigenvalue weighted by Gasteiger charge is 2.30. The molecule has 0 aliphatic carbocycles. The summed E-state index contributed by atoms with van der Waals surface area (Å²) in [7, 11) is 0. The van der Waals surface area contributed by atoms with Crippen molar-refractivity contribution in [1.82, 2.24) is 9.78 Å². The average molecular weight is 362 g/mol. The van der Waals surface area contributed by atoms with E-state index in [2.05, 4.69) is 10.4 Å². The normalized spacial score (nSPS) is 12.9. The predicted octanol–water partition coefficient (Wildman–Crippen LogP) is 3.09. The van der Waals surface area contributed by atoms with Crippen LogP contribution in [0.25, 0.3) is 5.69 Å². The Labute approximate surface area is 140 Å². The summed E-state index contributed by atoms with van der Waals surface area (Å²) in [6, 6.07) is 3.92. The molecule has 0 fully saturated rings. The number of anilines is 1. The molecular formula is C15H15ClF3N3O2. The molecule has 0 aliphatic heterocycles. The van der Waals surface area contributed by atoms with Gasteiger partial charge in [0.15, 0.2) is 0 Å². The fourth-order valence-electron chi connectivity index (χ4n) is 2.03. The summed E-state index contributed by atoms with van der Waals surface area (Å²) in [4.78, 5) is 12.3. The second kappa shape index (κ2) is 7.23. The average Bonchev–Trinajstić information content (AvgIpc) is 2.55. The molecule has 24 heavy (non-hydrogen) atoms. The topological polar surface area (TPSA) is 67.2 Å². The van der Waals surface area contributed by atoms with Gasteiger partial charge in [-0.1, -0.05) is 24.6 Å². The van der Waals surface area contributed by atoms with Gasteiger partial charge in [0.2, 0.25) is 0 Å². The molecule has 130 valence electrons. The molecule has 5 nitrogen and oxygen atoms in total. The maximum absolute atomic E-state index is 12.8. The molecule has 0 unspecified atom stereocenters. The first-order chi connectivity index (χ1) is 11.3. The molecular weight excluding hydrogens is 347 g/mol. The number of nitrogens with one attached hydrogen (secondary N) is 1. The minimum atomic E-state index is -4.53. The van der Waals surface area contributed by atoms with Crippen molar-refractivity contribution in [3.63, 3.8) is 0 Å². The highest BCUT2D eigenvalue weighted by Crippen LogP contribution is 2.30. The third kappa shape index (κ3) is 3.88. The lowest BCUT2D eigenvalue weighted by atomic mass is 10.2. The van der Waals surface area contributed by atoms with Crippen LogP contribution in [-0.4, -0.2) is 27.5 Å². The highest BCUT2D eigenvalue weighted by atomic mass is 35.5. The maximum Gasteiger partial charge on any atom is 0.416 e. The first kappa shape index (κ1) is 18.3. The number of aromatic nitrogens is 2. The van der Waals surface area contributed by atoms with Gasteiger partial charge in [0, 0.05) is 6.04 Å². The lowest BCUT2D eigenvalue weighted by Gasteiger charge is -2.17. The molecule has 1 atom stereocenters. The first-order valence-electron chi connectivity index (χ1n) is 7.10. The number of halogens is 4. The Balaban J connectivity index is 2.43. The van der Waals surface area contributed by atoms with Crippen molar-refractivity contribution in [1.29, 1.82) is 0 Å². The van der Waals surface area contributed by atoms with Crippen LogP contribution in [0.3, 0.4) is 0 Å². The van der Waals surface area contributed by atoms with E-state index in [4.69, 9.17) is 11.6 Å². The Morgan fingerprint density at radius 3 is 2.71 bits per heavy atom. The zero-order valence-corrected chi connectivity index (χ0v) is 13.4. The number of aliphatic hydroxyl groups is 1.